The molecule has 1 rings (SSSR count). The van der Waals surface area contributed by atoms with E-state index in [1.54, 1.807) is 7.11 Å². The summed E-state index contributed by atoms with van der Waals surface area (Å²) in [5, 5.41) is 9.56. The van der Waals surface area contributed by atoms with E-state index >= 15 is 0 Å². The van der Waals surface area contributed by atoms with Gasteiger partial charge in [-0.25, -0.2) is 0 Å². The largest absolute Gasteiger partial charge is 0.389 e. The van der Waals surface area contributed by atoms with Gasteiger partial charge < -0.3 is 15.6 Å². The molecule has 3 unspecified atom stereocenters. The maximum absolute atomic E-state index is 9.56. The van der Waals surface area contributed by atoms with Crippen molar-refractivity contribution in [3.63, 3.8) is 0 Å². The van der Waals surface area contributed by atoms with Crippen molar-refractivity contribution in [2.45, 2.75) is 37.5 Å². The number of ether oxygens (including phenoxy) is 1. The van der Waals surface area contributed by atoms with Crippen LogP contribution in [0.2, 0.25) is 0 Å². The summed E-state index contributed by atoms with van der Waals surface area (Å²) in [5.74, 6) is 0. The van der Waals surface area contributed by atoms with Crippen molar-refractivity contribution < 1.29 is 9.84 Å². The summed E-state index contributed by atoms with van der Waals surface area (Å²) in [7, 11) is 3.62. The van der Waals surface area contributed by atoms with E-state index in [0.717, 1.165) is 12.8 Å². The first-order valence-electron chi connectivity index (χ1n) is 5.28. The zero-order valence-electron chi connectivity index (χ0n) is 9.15. The smallest absolute Gasteiger partial charge is 0.0900 e. The van der Waals surface area contributed by atoms with Crippen LogP contribution >= 0.6 is 0 Å². The fourth-order valence-electron chi connectivity index (χ4n) is 2.23. The second kappa shape index (κ2) is 5.66. The normalized spacial score (nSPS) is 29.8. The van der Waals surface area contributed by atoms with E-state index in [0.29, 0.717) is 19.2 Å². The van der Waals surface area contributed by atoms with Gasteiger partial charge >= 0.3 is 0 Å². The molecule has 84 valence electrons. The molecule has 0 aromatic rings. The van der Waals surface area contributed by atoms with Crippen LogP contribution < -0.4 is 5.73 Å². The molecule has 3 N–H and O–H groups in total. The van der Waals surface area contributed by atoms with Gasteiger partial charge in [-0.15, -0.1) is 0 Å². The van der Waals surface area contributed by atoms with E-state index in [1.807, 2.05) is 7.05 Å². The summed E-state index contributed by atoms with van der Waals surface area (Å²) in [6.07, 6.45) is 3.06. The van der Waals surface area contributed by atoms with Crippen LogP contribution in [0.25, 0.3) is 0 Å². The van der Waals surface area contributed by atoms with Crippen LogP contribution in [0.1, 0.15) is 19.3 Å². The molecule has 1 aliphatic rings. The Kier molecular flexibility index (Phi) is 4.81. The molecule has 0 spiro atoms. The first-order chi connectivity index (χ1) is 6.65. The summed E-state index contributed by atoms with van der Waals surface area (Å²) >= 11 is 0. The highest BCUT2D eigenvalue weighted by Crippen LogP contribution is 2.21. The van der Waals surface area contributed by atoms with Gasteiger partial charge in [0.1, 0.15) is 0 Å². The lowest BCUT2D eigenvalue weighted by atomic mass is 10.1. The number of nitrogens with two attached hydrogens (primary N) is 1. The van der Waals surface area contributed by atoms with E-state index in [1.165, 1.54) is 6.42 Å². The Morgan fingerprint density at radius 1 is 1.57 bits per heavy atom. The highest BCUT2D eigenvalue weighted by molar-refractivity contribution is 4.87. The van der Waals surface area contributed by atoms with Crippen molar-refractivity contribution >= 4 is 0 Å². The third-order valence-electron chi connectivity index (χ3n) is 2.96. The van der Waals surface area contributed by atoms with Crippen molar-refractivity contribution in [1.29, 1.82) is 0 Å². The summed E-state index contributed by atoms with van der Waals surface area (Å²) < 4.78 is 4.89. The number of nitrogens with zero attached hydrogens (tertiary/aromatic N) is 1. The first kappa shape index (κ1) is 11.9. The number of likely N-dealkylation sites (N-methyl/N-ethyl adjacent to an activating group) is 1. The molecule has 0 aliphatic heterocycles. The SMILES string of the molecule is COCC(O)CN(C)C1CCCC1N. The summed E-state index contributed by atoms with van der Waals surface area (Å²) in [6, 6.07) is 0.705. The molecular formula is C10H22N2O2. The van der Waals surface area contributed by atoms with Crippen LogP contribution in [-0.4, -0.2) is 55.5 Å². The van der Waals surface area contributed by atoms with E-state index in [-0.39, 0.29) is 6.04 Å². The molecule has 1 saturated carbocycles. The lowest BCUT2D eigenvalue weighted by Crippen LogP contribution is -2.45. The zero-order chi connectivity index (χ0) is 10.6. The molecule has 1 aliphatic carbocycles. The quantitative estimate of drug-likeness (QED) is 0.648. The van der Waals surface area contributed by atoms with Gasteiger partial charge in [0, 0.05) is 25.7 Å². The molecule has 4 nitrogen and oxygen atoms in total. The number of rotatable bonds is 5. The Morgan fingerprint density at radius 2 is 2.29 bits per heavy atom. The predicted molar refractivity (Wildman–Crippen MR) is 56.1 cm³/mol. The molecule has 0 amide bonds. The minimum absolute atomic E-state index is 0.273. The maximum Gasteiger partial charge on any atom is 0.0900 e. The standard InChI is InChI=1S/C10H22N2O2/c1-12(6-8(13)7-14-2)10-5-3-4-9(10)11/h8-10,13H,3-7,11H2,1-2H3. The van der Waals surface area contributed by atoms with Crippen molar-refractivity contribution in [3.8, 4) is 0 Å². The van der Waals surface area contributed by atoms with Crippen LogP contribution in [-0.2, 0) is 4.74 Å². The fraction of sp³-hybridized carbons (Fsp3) is 1.00. The molecule has 4 heteroatoms. The maximum atomic E-state index is 9.56. The van der Waals surface area contributed by atoms with Gasteiger partial charge in [0.25, 0.3) is 0 Å². The number of hydrogen-bond acceptors (Lipinski definition) is 4. The molecule has 0 aromatic heterocycles. The molecule has 0 radical (unpaired) electrons. The summed E-state index contributed by atoms with van der Waals surface area (Å²) in [6.45, 7) is 1.04. The van der Waals surface area contributed by atoms with Gasteiger partial charge in [0.2, 0.25) is 0 Å². The van der Waals surface area contributed by atoms with Crippen LogP contribution in [0.4, 0.5) is 0 Å². The Labute approximate surface area is 86.0 Å². The van der Waals surface area contributed by atoms with Gasteiger partial charge in [-0.1, -0.05) is 6.42 Å². The fourth-order valence-corrected chi connectivity index (χ4v) is 2.23. The third kappa shape index (κ3) is 3.20. The van der Waals surface area contributed by atoms with Gasteiger partial charge in [-0.3, -0.25) is 4.90 Å². The second-order valence-electron chi connectivity index (χ2n) is 4.21. The second-order valence-corrected chi connectivity index (χ2v) is 4.21. The predicted octanol–water partition coefficient (Wildman–Crippen LogP) is -0.195. The average molecular weight is 202 g/mol. The number of hydrogen-bond donors (Lipinski definition) is 2. The lowest BCUT2D eigenvalue weighted by Gasteiger charge is -2.29. The molecule has 1 fully saturated rings. The lowest BCUT2D eigenvalue weighted by molar-refractivity contribution is 0.0333. The van der Waals surface area contributed by atoms with Crippen molar-refractivity contribution in [1.82, 2.24) is 4.90 Å². The topological polar surface area (TPSA) is 58.7 Å². The Morgan fingerprint density at radius 3 is 2.79 bits per heavy atom. The van der Waals surface area contributed by atoms with Crippen LogP contribution in [0.15, 0.2) is 0 Å². The van der Waals surface area contributed by atoms with Crippen molar-refractivity contribution in [3.05, 3.63) is 0 Å². The molecule has 0 aromatic carbocycles. The minimum atomic E-state index is -0.405. The Balaban J connectivity index is 2.29. The van der Waals surface area contributed by atoms with E-state index < -0.39 is 6.10 Å². The molecule has 0 bridgehead atoms. The Bertz CT molecular complexity index is 166. The van der Waals surface area contributed by atoms with Crippen LogP contribution in [0.3, 0.4) is 0 Å². The average Bonchev–Trinajstić information content (AvgIpc) is 2.51. The van der Waals surface area contributed by atoms with Gasteiger partial charge in [0.15, 0.2) is 0 Å². The molecular weight excluding hydrogens is 180 g/mol. The van der Waals surface area contributed by atoms with E-state index in [9.17, 15) is 5.11 Å². The van der Waals surface area contributed by atoms with E-state index in [4.69, 9.17) is 10.5 Å². The Hall–Kier alpha value is -0.160. The third-order valence-corrected chi connectivity index (χ3v) is 2.96. The van der Waals surface area contributed by atoms with E-state index in [2.05, 4.69) is 4.90 Å². The minimum Gasteiger partial charge on any atom is -0.389 e. The number of aliphatic hydroxyl groups is 1. The number of methoxy groups -OCH3 is 1. The van der Waals surface area contributed by atoms with Gasteiger partial charge in [-0.2, -0.15) is 0 Å². The highest BCUT2D eigenvalue weighted by Gasteiger charge is 2.28. The summed E-state index contributed by atoms with van der Waals surface area (Å²) in [4.78, 5) is 2.15. The first-order valence-corrected chi connectivity index (χ1v) is 5.28. The van der Waals surface area contributed by atoms with Crippen LogP contribution in [0, 0.1) is 0 Å². The summed E-state index contributed by atoms with van der Waals surface area (Å²) in [5.41, 5.74) is 5.98. The zero-order valence-corrected chi connectivity index (χ0v) is 9.15. The monoisotopic (exact) mass is 202 g/mol. The van der Waals surface area contributed by atoms with Crippen molar-refractivity contribution in [2.24, 2.45) is 5.73 Å². The van der Waals surface area contributed by atoms with Crippen molar-refractivity contribution in [2.75, 3.05) is 27.3 Å². The molecule has 0 saturated heterocycles. The van der Waals surface area contributed by atoms with Crippen LogP contribution in [0.5, 0.6) is 0 Å². The molecule has 0 heterocycles. The molecule has 3 atom stereocenters. The molecule has 14 heavy (non-hydrogen) atoms. The highest BCUT2D eigenvalue weighted by atomic mass is 16.5. The van der Waals surface area contributed by atoms with Gasteiger partial charge in [0.05, 0.1) is 12.7 Å². The number of aliphatic hydroxyl groups excluding tert-OH is 1. The van der Waals surface area contributed by atoms with Gasteiger partial charge in [-0.05, 0) is 19.9 Å².